The van der Waals surface area contributed by atoms with Gasteiger partial charge < -0.3 is 20.5 Å². The van der Waals surface area contributed by atoms with E-state index in [0.29, 0.717) is 12.4 Å². The predicted octanol–water partition coefficient (Wildman–Crippen LogP) is 5.33. The summed E-state index contributed by atoms with van der Waals surface area (Å²) in [5, 5.41) is 3.49. The van der Waals surface area contributed by atoms with Gasteiger partial charge >= 0.3 is 6.09 Å². The molecule has 0 aliphatic heterocycles. The van der Waals surface area contributed by atoms with Crippen molar-refractivity contribution in [2.75, 3.05) is 13.2 Å². The van der Waals surface area contributed by atoms with Crippen molar-refractivity contribution < 1.29 is 14.3 Å². The molecule has 0 radical (unpaired) electrons. The average Bonchev–Trinajstić information content (AvgIpc) is 2.85. The van der Waals surface area contributed by atoms with Gasteiger partial charge in [-0.2, -0.15) is 0 Å². The first-order valence-electron chi connectivity index (χ1n) is 11.6. The van der Waals surface area contributed by atoms with Crippen molar-refractivity contribution in [2.24, 2.45) is 5.73 Å². The molecule has 0 fully saturated rings. The molecule has 7 heteroatoms. The molecule has 4 aromatic rings. The molecule has 2 aromatic heterocycles. The number of aromatic nitrogens is 2. The van der Waals surface area contributed by atoms with E-state index in [-0.39, 0.29) is 13.2 Å². The van der Waals surface area contributed by atoms with Gasteiger partial charge in [0.15, 0.2) is 0 Å². The summed E-state index contributed by atoms with van der Waals surface area (Å²) in [4.78, 5) is 21.3. The summed E-state index contributed by atoms with van der Waals surface area (Å²) in [6.45, 7) is 6.49. The van der Waals surface area contributed by atoms with Crippen molar-refractivity contribution in [1.29, 1.82) is 0 Å². The second-order valence-corrected chi connectivity index (χ2v) is 9.11. The second kappa shape index (κ2) is 10.5. The van der Waals surface area contributed by atoms with E-state index in [1.54, 1.807) is 6.20 Å². The fourth-order valence-electron chi connectivity index (χ4n) is 3.66. The number of alkyl carbamates (subject to hydrolysis) is 1. The maximum Gasteiger partial charge on any atom is 0.407 e. The van der Waals surface area contributed by atoms with Crippen LogP contribution in [0.4, 0.5) is 4.79 Å². The van der Waals surface area contributed by atoms with Crippen LogP contribution < -0.4 is 15.8 Å². The smallest absolute Gasteiger partial charge is 0.407 e. The summed E-state index contributed by atoms with van der Waals surface area (Å²) in [5.74, 6) is 0.461. The molecule has 0 aliphatic carbocycles. The van der Waals surface area contributed by atoms with Crippen molar-refractivity contribution in [3.05, 3.63) is 78.5 Å². The number of hydrogen-bond acceptors (Lipinski definition) is 6. The molecule has 0 saturated heterocycles. The maximum absolute atomic E-state index is 11.9. The van der Waals surface area contributed by atoms with Crippen molar-refractivity contribution >= 4 is 17.0 Å². The molecule has 0 aliphatic rings. The van der Waals surface area contributed by atoms with Crippen LogP contribution in [0.15, 0.2) is 72.9 Å². The molecule has 7 nitrogen and oxygen atoms in total. The van der Waals surface area contributed by atoms with Gasteiger partial charge in [-0.15, -0.1) is 0 Å². The number of hydrogen-bond donors (Lipinski definition) is 2. The highest BCUT2D eigenvalue weighted by Gasteiger charge is 2.17. The number of amides is 1. The first kappa shape index (κ1) is 24.2. The van der Waals surface area contributed by atoms with Crippen LogP contribution in [0.2, 0.25) is 0 Å². The van der Waals surface area contributed by atoms with Gasteiger partial charge in [-0.25, -0.2) is 14.8 Å². The van der Waals surface area contributed by atoms with E-state index < -0.39 is 11.7 Å². The monoisotopic (exact) mass is 470 g/mol. The van der Waals surface area contributed by atoms with Crippen LogP contribution in [-0.2, 0) is 11.3 Å². The Hall–Kier alpha value is -3.97. The molecule has 2 heterocycles. The number of nitrogens with two attached hydrogens (primary N) is 1. The summed E-state index contributed by atoms with van der Waals surface area (Å²) in [6, 6.07) is 22.2. The zero-order chi connectivity index (χ0) is 24.8. The Morgan fingerprint density at radius 3 is 2.43 bits per heavy atom. The Bertz CT molecular complexity index is 1300. The topological polar surface area (TPSA) is 99.4 Å². The van der Waals surface area contributed by atoms with Crippen molar-refractivity contribution in [2.45, 2.75) is 32.9 Å². The Labute approximate surface area is 205 Å². The minimum Gasteiger partial charge on any atom is -0.475 e. The van der Waals surface area contributed by atoms with E-state index >= 15 is 0 Å². The minimum atomic E-state index is -0.552. The van der Waals surface area contributed by atoms with Gasteiger partial charge in [0.25, 0.3) is 0 Å². The van der Waals surface area contributed by atoms with E-state index in [1.807, 2.05) is 69.3 Å². The van der Waals surface area contributed by atoms with E-state index in [9.17, 15) is 4.79 Å². The van der Waals surface area contributed by atoms with E-state index in [0.717, 1.165) is 38.9 Å². The Balaban J connectivity index is 1.64. The number of benzene rings is 2. The maximum atomic E-state index is 11.9. The first-order chi connectivity index (χ1) is 16.8. The normalized spacial score (nSPS) is 11.3. The molecular weight excluding hydrogens is 440 g/mol. The number of nitrogens with zero attached hydrogens (tertiary/aromatic N) is 2. The van der Waals surface area contributed by atoms with Crippen LogP contribution in [0.25, 0.3) is 33.3 Å². The van der Waals surface area contributed by atoms with Gasteiger partial charge in [0.2, 0.25) is 5.88 Å². The molecule has 0 bridgehead atoms. The van der Waals surface area contributed by atoms with Crippen LogP contribution in [-0.4, -0.2) is 34.8 Å². The Kier molecular flexibility index (Phi) is 7.27. The van der Waals surface area contributed by atoms with Crippen LogP contribution in [0.3, 0.4) is 0 Å². The van der Waals surface area contributed by atoms with Gasteiger partial charge in [-0.1, -0.05) is 54.6 Å². The van der Waals surface area contributed by atoms with Gasteiger partial charge in [0.05, 0.1) is 23.1 Å². The minimum absolute atomic E-state index is 0.244. The molecule has 3 N–H and O–H groups in total. The summed E-state index contributed by atoms with van der Waals surface area (Å²) >= 11 is 0. The summed E-state index contributed by atoms with van der Waals surface area (Å²) in [5.41, 5.74) is 11.0. The number of pyridine rings is 2. The number of fused-ring (bicyclic) bond motifs is 1. The lowest BCUT2D eigenvalue weighted by Gasteiger charge is -2.19. The van der Waals surface area contributed by atoms with Crippen LogP contribution in [0.5, 0.6) is 5.88 Å². The molecule has 0 spiro atoms. The first-order valence-corrected chi connectivity index (χ1v) is 11.6. The van der Waals surface area contributed by atoms with E-state index in [4.69, 9.17) is 20.2 Å². The number of carbonyl (C=O) groups excluding carboxylic acids is 1. The van der Waals surface area contributed by atoms with Crippen molar-refractivity contribution in [3.8, 4) is 28.3 Å². The fraction of sp³-hybridized carbons (Fsp3) is 0.250. The van der Waals surface area contributed by atoms with Crippen LogP contribution in [0, 0.1) is 0 Å². The standard InChI is InChI=1S/C28H30N4O3/c1-28(2,3)35-27(33)31-15-16-34-26-23-17-22(20-7-5-4-6-8-20)25(32-24(23)13-14-30-26)21-11-9-19(18-29)10-12-21/h4-14,17H,15-16,18,29H2,1-3H3,(H,31,33). The summed E-state index contributed by atoms with van der Waals surface area (Å²) < 4.78 is 11.2. The molecular formula is C28H30N4O3. The molecule has 180 valence electrons. The third-order valence-corrected chi connectivity index (χ3v) is 5.26. The quantitative estimate of drug-likeness (QED) is 0.354. The molecule has 2 aromatic carbocycles. The molecule has 4 rings (SSSR count). The zero-order valence-electron chi connectivity index (χ0n) is 20.2. The Morgan fingerprint density at radius 2 is 1.74 bits per heavy atom. The number of carbonyl (C=O) groups is 1. The van der Waals surface area contributed by atoms with Crippen LogP contribution >= 0.6 is 0 Å². The average molecular weight is 471 g/mol. The highest BCUT2D eigenvalue weighted by Crippen LogP contribution is 2.35. The SMILES string of the molecule is CC(C)(C)OC(=O)NCCOc1nccc2nc(-c3ccc(CN)cc3)c(-c3ccccc3)cc12. The van der Waals surface area contributed by atoms with Crippen molar-refractivity contribution in [1.82, 2.24) is 15.3 Å². The van der Waals surface area contributed by atoms with Gasteiger partial charge in [0.1, 0.15) is 12.2 Å². The number of ether oxygens (including phenoxy) is 2. The second-order valence-electron chi connectivity index (χ2n) is 9.11. The highest BCUT2D eigenvalue weighted by molar-refractivity contribution is 5.93. The predicted molar refractivity (Wildman–Crippen MR) is 138 cm³/mol. The van der Waals surface area contributed by atoms with Gasteiger partial charge in [-0.05, 0) is 44.0 Å². The summed E-state index contributed by atoms with van der Waals surface area (Å²) in [7, 11) is 0. The molecule has 0 atom stereocenters. The van der Waals surface area contributed by atoms with Crippen LogP contribution in [0.1, 0.15) is 26.3 Å². The highest BCUT2D eigenvalue weighted by atomic mass is 16.6. The third-order valence-electron chi connectivity index (χ3n) is 5.26. The molecule has 1 amide bonds. The lowest BCUT2D eigenvalue weighted by atomic mass is 9.97. The van der Waals surface area contributed by atoms with E-state index in [2.05, 4.69) is 28.5 Å². The Morgan fingerprint density at radius 1 is 1.00 bits per heavy atom. The van der Waals surface area contributed by atoms with E-state index in [1.165, 1.54) is 0 Å². The summed E-state index contributed by atoms with van der Waals surface area (Å²) in [6.07, 6.45) is 1.19. The molecule has 35 heavy (non-hydrogen) atoms. The lowest BCUT2D eigenvalue weighted by molar-refractivity contribution is 0.0520. The zero-order valence-corrected chi connectivity index (χ0v) is 20.2. The largest absolute Gasteiger partial charge is 0.475 e. The fourth-order valence-corrected chi connectivity index (χ4v) is 3.66. The van der Waals surface area contributed by atoms with Crippen molar-refractivity contribution in [3.63, 3.8) is 0 Å². The van der Waals surface area contributed by atoms with Gasteiger partial charge in [-0.3, -0.25) is 0 Å². The number of rotatable bonds is 7. The molecule has 0 unspecified atom stereocenters. The molecule has 0 saturated carbocycles. The van der Waals surface area contributed by atoms with Gasteiger partial charge in [0, 0.05) is 23.9 Å². The third kappa shape index (κ3) is 6.13. The number of nitrogens with one attached hydrogen (secondary N) is 1. The lowest BCUT2D eigenvalue weighted by Crippen LogP contribution is -2.34.